The lowest BCUT2D eigenvalue weighted by Gasteiger charge is -2.29. The Morgan fingerprint density at radius 3 is 2.65 bits per heavy atom. The first-order chi connectivity index (χ1) is 15.0. The van der Waals surface area contributed by atoms with Crippen molar-refractivity contribution in [1.82, 2.24) is 4.90 Å². The molecule has 1 amide bonds. The SMILES string of the molecule is COc1ccc(/C=C/C(=O)Nc2ccccc2C(=O)O)cc1COC1CCN(C)CC1. The van der Waals surface area contributed by atoms with Crippen LogP contribution >= 0.6 is 0 Å². The number of piperidine rings is 1. The van der Waals surface area contributed by atoms with E-state index in [0.29, 0.717) is 6.61 Å². The lowest BCUT2D eigenvalue weighted by Crippen LogP contribution is -2.34. The van der Waals surface area contributed by atoms with Crippen LogP contribution in [0.4, 0.5) is 5.69 Å². The summed E-state index contributed by atoms with van der Waals surface area (Å²) in [6.07, 6.45) is 5.31. The highest BCUT2D eigenvalue weighted by Crippen LogP contribution is 2.24. The van der Waals surface area contributed by atoms with Crippen LogP contribution in [0.2, 0.25) is 0 Å². The van der Waals surface area contributed by atoms with Crippen LogP contribution in [0.5, 0.6) is 5.75 Å². The summed E-state index contributed by atoms with van der Waals surface area (Å²) in [5.41, 5.74) is 2.04. The minimum atomic E-state index is -1.09. The van der Waals surface area contributed by atoms with E-state index in [2.05, 4.69) is 17.3 Å². The molecule has 0 unspecified atom stereocenters. The smallest absolute Gasteiger partial charge is 0.337 e. The van der Waals surface area contributed by atoms with Crippen LogP contribution in [0.1, 0.15) is 34.3 Å². The molecule has 0 bridgehead atoms. The van der Waals surface area contributed by atoms with Gasteiger partial charge in [0.2, 0.25) is 5.91 Å². The minimum Gasteiger partial charge on any atom is -0.496 e. The number of ether oxygens (including phenoxy) is 2. The van der Waals surface area contributed by atoms with E-state index in [9.17, 15) is 14.7 Å². The van der Waals surface area contributed by atoms with Crippen LogP contribution in [0.15, 0.2) is 48.5 Å². The first-order valence-electron chi connectivity index (χ1n) is 10.2. The number of hydrogen-bond donors (Lipinski definition) is 2. The number of anilines is 1. The van der Waals surface area contributed by atoms with E-state index in [4.69, 9.17) is 9.47 Å². The molecule has 2 aromatic carbocycles. The summed E-state index contributed by atoms with van der Waals surface area (Å²) in [5.74, 6) is -0.761. The fraction of sp³-hybridized carbons (Fsp3) is 0.333. The monoisotopic (exact) mass is 424 g/mol. The van der Waals surface area contributed by atoms with E-state index in [1.807, 2.05) is 18.2 Å². The van der Waals surface area contributed by atoms with Gasteiger partial charge in [0.1, 0.15) is 5.75 Å². The minimum absolute atomic E-state index is 0.0436. The maximum Gasteiger partial charge on any atom is 0.337 e. The Labute approximate surface area is 182 Å². The first kappa shape index (κ1) is 22.5. The number of nitrogens with one attached hydrogen (secondary N) is 1. The molecule has 2 aromatic rings. The number of aromatic carboxylic acids is 1. The molecule has 0 aliphatic carbocycles. The molecule has 0 saturated carbocycles. The summed E-state index contributed by atoms with van der Waals surface area (Å²) in [4.78, 5) is 25.9. The van der Waals surface area contributed by atoms with Crippen LogP contribution in [0.25, 0.3) is 6.08 Å². The topological polar surface area (TPSA) is 88.1 Å². The summed E-state index contributed by atoms with van der Waals surface area (Å²) in [6, 6.07) is 11.9. The van der Waals surface area contributed by atoms with Gasteiger partial charge in [-0.25, -0.2) is 4.79 Å². The average Bonchev–Trinajstić information content (AvgIpc) is 2.77. The molecule has 3 rings (SSSR count). The van der Waals surface area contributed by atoms with E-state index < -0.39 is 11.9 Å². The van der Waals surface area contributed by atoms with Crippen molar-refractivity contribution in [3.63, 3.8) is 0 Å². The number of hydrogen-bond acceptors (Lipinski definition) is 5. The molecule has 7 nitrogen and oxygen atoms in total. The Morgan fingerprint density at radius 2 is 1.94 bits per heavy atom. The molecule has 0 radical (unpaired) electrons. The summed E-state index contributed by atoms with van der Waals surface area (Å²) in [5, 5.41) is 11.8. The van der Waals surface area contributed by atoms with Gasteiger partial charge in [-0.2, -0.15) is 0 Å². The van der Waals surface area contributed by atoms with Gasteiger partial charge in [-0.1, -0.05) is 18.2 Å². The molecule has 0 atom stereocenters. The normalized spacial score (nSPS) is 15.2. The third-order valence-electron chi connectivity index (χ3n) is 5.29. The quantitative estimate of drug-likeness (QED) is 0.629. The Bertz CT molecular complexity index is 949. The highest BCUT2D eigenvalue weighted by molar-refractivity contribution is 6.06. The van der Waals surface area contributed by atoms with Crippen LogP contribution in [0.3, 0.4) is 0 Å². The van der Waals surface area contributed by atoms with Gasteiger partial charge in [0.25, 0.3) is 0 Å². The third-order valence-corrected chi connectivity index (χ3v) is 5.29. The number of carboxylic acids is 1. The summed E-state index contributed by atoms with van der Waals surface area (Å²) in [7, 11) is 3.74. The van der Waals surface area contributed by atoms with Gasteiger partial charge < -0.3 is 24.8 Å². The highest BCUT2D eigenvalue weighted by atomic mass is 16.5. The van der Waals surface area contributed by atoms with E-state index in [1.54, 1.807) is 31.4 Å². The molecule has 7 heteroatoms. The number of nitrogens with zero attached hydrogens (tertiary/aromatic N) is 1. The zero-order chi connectivity index (χ0) is 22.2. The first-order valence-corrected chi connectivity index (χ1v) is 10.2. The summed E-state index contributed by atoms with van der Waals surface area (Å²) in [6.45, 7) is 2.51. The van der Waals surface area contributed by atoms with Gasteiger partial charge in [0.05, 0.1) is 31.1 Å². The largest absolute Gasteiger partial charge is 0.496 e. The van der Waals surface area contributed by atoms with E-state index >= 15 is 0 Å². The van der Waals surface area contributed by atoms with Crippen LogP contribution < -0.4 is 10.1 Å². The lowest BCUT2D eigenvalue weighted by atomic mass is 10.1. The molecule has 164 valence electrons. The molecule has 1 aliphatic heterocycles. The van der Waals surface area contributed by atoms with Crippen LogP contribution in [-0.4, -0.2) is 55.2 Å². The zero-order valence-electron chi connectivity index (χ0n) is 17.8. The van der Waals surface area contributed by atoms with Crippen molar-refractivity contribution in [2.45, 2.75) is 25.6 Å². The number of para-hydroxylation sites is 1. The summed E-state index contributed by atoms with van der Waals surface area (Å²) >= 11 is 0. The third kappa shape index (κ3) is 6.41. The number of amides is 1. The number of benzene rings is 2. The van der Waals surface area contributed by atoms with Gasteiger partial charge in [0.15, 0.2) is 0 Å². The molecule has 1 heterocycles. The maximum absolute atomic E-state index is 12.3. The molecule has 0 spiro atoms. The second-order valence-electron chi connectivity index (χ2n) is 7.56. The van der Waals surface area contributed by atoms with E-state index in [1.165, 1.54) is 12.1 Å². The average molecular weight is 424 g/mol. The van der Waals surface area contributed by atoms with Gasteiger partial charge >= 0.3 is 5.97 Å². The fourth-order valence-corrected chi connectivity index (χ4v) is 3.50. The predicted octanol–water partition coefficient (Wildman–Crippen LogP) is 3.66. The molecular weight excluding hydrogens is 396 g/mol. The van der Waals surface area contributed by atoms with Crippen molar-refractivity contribution in [2.75, 3.05) is 32.6 Å². The standard InChI is InChI=1S/C24H28N2O5/c1-26-13-11-19(12-14-26)31-16-18-15-17(7-9-22(18)30-2)8-10-23(27)25-21-6-4-3-5-20(21)24(28)29/h3-10,15,19H,11-14,16H2,1-2H3,(H,25,27)(H,28,29)/b10-8+. The van der Waals surface area contributed by atoms with Crippen LogP contribution in [0, 0.1) is 0 Å². The number of carbonyl (C=O) groups excluding carboxylic acids is 1. The van der Waals surface area contributed by atoms with Gasteiger partial charge in [-0.15, -0.1) is 0 Å². The Hall–Kier alpha value is -3.16. The van der Waals surface area contributed by atoms with E-state index in [-0.39, 0.29) is 17.4 Å². The molecule has 1 saturated heterocycles. The molecular formula is C24H28N2O5. The fourth-order valence-electron chi connectivity index (χ4n) is 3.50. The number of carbonyl (C=O) groups is 2. The number of likely N-dealkylation sites (tertiary alicyclic amines) is 1. The zero-order valence-corrected chi connectivity index (χ0v) is 17.8. The second kappa shape index (κ2) is 10.7. The van der Waals surface area contributed by atoms with Crippen molar-refractivity contribution in [3.05, 3.63) is 65.2 Å². The Kier molecular flexibility index (Phi) is 7.81. The van der Waals surface area contributed by atoms with Crippen molar-refractivity contribution < 1.29 is 24.2 Å². The van der Waals surface area contributed by atoms with Gasteiger partial charge in [0, 0.05) is 24.7 Å². The number of rotatable bonds is 8. The Morgan fingerprint density at radius 1 is 1.19 bits per heavy atom. The molecule has 1 fully saturated rings. The van der Waals surface area contributed by atoms with Crippen LogP contribution in [-0.2, 0) is 16.1 Å². The van der Waals surface area contributed by atoms with Crippen molar-refractivity contribution in [3.8, 4) is 5.75 Å². The summed E-state index contributed by atoms with van der Waals surface area (Å²) < 4.78 is 11.5. The molecule has 31 heavy (non-hydrogen) atoms. The number of methoxy groups -OCH3 is 1. The molecule has 1 aliphatic rings. The molecule has 2 N–H and O–H groups in total. The second-order valence-corrected chi connectivity index (χ2v) is 7.56. The van der Waals surface area contributed by atoms with E-state index in [0.717, 1.165) is 42.8 Å². The van der Waals surface area contributed by atoms with Crippen molar-refractivity contribution in [1.29, 1.82) is 0 Å². The highest BCUT2D eigenvalue weighted by Gasteiger charge is 2.17. The lowest BCUT2D eigenvalue weighted by molar-refractivity contribution is -0.111. The Balaban J connectivity index is 1.64. The number of carboxylic acid groups (broad SMARTS) is 1. The van der Waals surface area contributed by atoms with Gasteiger partial charge in [-0.3, -0.25) is 4.79 Å². The van der Waals surface area contributed by atoms with Gasteiger partial charge in [-0.05, 0) is 55.8 Å². The van der Waals surface area contributed by atoms with Crippen molar-refractivity contribution in [2.24, 2.45) is 0 Å². The predicted molar refractivity (Wildman–Crippen MR) is 119 cm³/mol. The van der Waals surface area contributed by atoms with Crippen molar-refractivity contribution >= 4 is 23.6 Å². The maximum atomic E-state index is 12.3. The molecule has 0 aromatic heterocycles.